The summed E-state index contributed by atoms with van der Waals surface area (Å²) >= 11 is 0. The molecule has 0 aromatic heterocycles. The van der Waals surface area contributed by atoms with Gasteiger partial charge in [0.2, 0.25) is 0 Å². The molecule has 2 aromatic rings. The monoisotopic (exact) mass is 355 g/mol. The molecule has 2 aromatic carbocycles. The Kier molecular flexibility index (Phi) is 6.39. The molecule has 0 heterocycles. The maximum Gasteiger partial charge on any atom is 0.270 e. The molecule has 1 N–H and O–H groups in total. The molecule has 1 atom stereocenters. The van der Waals surface area contributed by atoms with E-state index in [-0.39, 0.29) is 17.3 Å². The number of rotatable bonds is 8. The van der Waals surface area contributed by atoms with Gasteiger partial charge in [0, 0.05) is 18.2 Å². The summed E-state index contributed by atoms with van der Waals surface area (Å²) in [6.07, 6.45) is 0. The topological polar surface area (TPSA) is 97.4 Å². The molecule has 0 aliphatic rings. The maximum atomic E-state index is 10.9. The van der Waals surface area contributed by atoms with Crippen LogP contribution < -0.4 is 14.8 Å². The van der Waals surface area contributed by atoms with E-state index in [1.807, 2.05) is 45.0 Å². The number of nitrogens with one attached hydrogen (secondary N) is 1. The highest BCUT2D eigenvalue weighted by atomic mass is 16.6. The van der Waals surface area contributed by atoms with Gasteiger partial charge in [-0.2, -0.15) is 5.26 Å². The number of hydrogen-bond acceptors (Lipinski definition) is 6. The lowest BCUT2D eigenvalue weighted by Crippen LogP contribution is -2.09. The van der Waals surface area contributed by atoms with E-state index in [0.29, 0.717) is 30.4 Å². The molecule has 0 aliphatic carbocycles. The van der Waals surface area contributed by atoms with Crippen LogP contribution in [0, 0.1) is 21.4 Å². The first kappa shape index (κ1) is 19.1. The fourth-order valence-corrected chi connectivity index (χ4v) is 2.52. The van der Waals surface area contributed by atoms with E-state index in [9.17, 15) is 15.4 Å². The summed E-state index contributed by atoms with van der Waals surface area (Å²) in [4.78, 5) is 10.3. The zero-order valence-corrected chi connectivity index (χ0v) is 15.0. The average Bonchev–Trinajstić information content (AvgIpc) is 2.63. The van der Waals surface area contributed by atoms with Gasteiger partial charge in [0.1, 0.15) is 6.07 Å². The summed E-state index contributed by atoms with van der Waals surface area (Å²) in [6.45, 7) is 6.81. The second-order valence-electron chi connectivity index (χ2n) is 5.54. The van der Waals surface area contributed by atoms with Gasteiger partial charge in [-0.15, -0.1) is 0 Å². The molecule has 0 fully saturated rings. The molecular weight excluding hydrogens is 334 g/mol. The summed E-state index contributed by atoms with van der Waals surface area (Å²) in [5.41, 5.74) is 1.60. The van der Waals surface area contributed by atoms with Crippen molar-refractivity contribution in [2.75, 3.05) is 18.5 Å². The number of benzene rings is 2. The number of non-ortho nitro benzene ring substituents is 1. The Bertz CT molecular complexity index is 830. The second kappa shape index (κ2) is 8.72. The van der Waals surface area contributed by atoms with Crippen LogP contribution in [-0.2, 0) is 0 Å². The standard InChI is InChI=1S/C19H21N3O4/c1-4-25-18-9-6-14(11-19(18)26-5-2)13(3)21-17-8-7-16(22(23)24)10-15(17)12-20/h6-11,13,21H,4-5H2,1-3H3. The van der Waals surface area contributed by atoms with Crippen molar-refractivity contribution in [2.45, 2.75) is 26.8 Å². The minimum atomic E-state index is -0.519. The van der Waals surface area contributed by atoms with Crippen LogP contribution in [0.3, 0.4) is 0 Å². The normalized spacial score (nSPS) is 11.3. The van der Waals surface area contributed by atoms with Gasteiger partial charge in [-0.3, -0.25) is 10.1 Å². The van der Waals surface area contributed by atoms with Crippen LogP contribution >= 0.6 is 0 Å². The van der Waals surface area contributed by atoms with Crippen molar-refractivity contribution in [1.82, 2.24) is 0 Å². The van der Waals surface area contributed by atoms with E-state index in [1.165, 1.54) is 12.1 Å². The van der Waals surface area contributed by atoms with Gasteiger partial charge >= 0.3 is 0 Å². The second-order valence-corrected chi connectivity index (χ2v) is 5.54. The van der Waals surface area contributed by atoms with Crippen LogP contribution in [-0.4, -0.2) is 18.1 Å². The van der Waals surface area contributed by atoms with E-state index >= 15 is 0 Å². The van der Waals surface area contributed by atoms with Crippen molar-refractivity contribution < 1.29 is 14.4 Å². The van der Waals surface area contributed by atoms with Crippen molar-refractivity contribution >= 4 is 11.4 Å². The quantitative estimate of drug-likeness (QED) is 0.555. The largest absolute Gasteiger partial charge is 0.490 e. The Labute approximate surface area is 152 Å². The molecule has 0 radical (unpaired) electrons. The van der Waals surface area contributed by atoms with E-state index < -0.39 is 4.92 Å². The van der Waals surface area contributed by atoms with Gasteiger partial charge in [0.05, 0.1) is 29.4 Å². The smallest absolute Gasteiger partial charge is 0.270 e. The number of ether oxygens (including phenoxy) is 2. The fraction of sp³-hybridized carbons (Fsp3) is 0.316. The third-order valence-corrected chi connectivity index (χ3v) is 3.77. The molecule has 26 heavy (non-hydrogen) atoms. The van der Waals surface area contributed by atoms with E-state index in [2.05, 4.69) is 5.32 Å². The van der Waals surface area contributed by atoms with Crippen molar-refractivity contribution in [1.29, 1.82) is 5.26 Å². The third kappa shape index (κ3) is 4.42. The number of nitriles is 1. The molecule has 7 nitrogen and oxygen atoms in total. The van der Waals surface area contributed by atoms with E-state index in [1.54, 1.807) is 6.07 Å². The number of nitrogens with zero attached hydrogens (tertiary/aromatic N) is 2. The van der Waals surface area contributed by atoms with Gasteiger partial charge < -0.3 is 14.8 Å². The Morgan fingerprint density at radius 2 is 1.85 bits per heavy atom. The van der Waals surface area contributed by atoms with Crippen LogP contribution in [0.1, 0.15) is 37.9 Å². The van der Waals surface area contributed by atoms with Crippen LogP contribution in [0.2, 0.25) is 0 Å². The van der Waals surface area contributed by atoms with Crippen molar-refractivity contribution in [3.8, 4) is 17.6 Å². The lowest BCUT2D eigenvalue weighted by molar-refractivity contribution is -0.384. The first-order chi connectivity index (χ1) is 12.5. The first-order valence-electron chi connectivity index (χ1n) is 8.34. The van der Waals surface area contributed by atoms with E-state index in [0.717, 1.165) is 5.56 Å². The van der Waals surface area contributed by atoms with Gasteiger partial charge in [0.25, 0.3) is 5.69 Å². The molecule has 0 saturated carbocycles. The Morgan fingerprint density at radius 3 is 2.46 bits per heavy atom. The lowest BCUT2D eigenvalue weighted by atomic mass is 10.1. The van der Waals surface area contributed by atoms with Crippen LogP contribution in [0.4, 0.5) is 11.4 Å². The predicted octanol–water partition coefficient (Wildman–Crippen LogP) is 4.44. The van der Waals surface area contributed by atoms with Gasteiger partial charge in [-0.25, -0.2) is 0 Å². The van der Waals surface area contributed by atoms with Crippen molar-refractivity contribution in [3.05, 3.63) is 57.6 Å². The molecule has 0 aliphatic heterocycles. The molecule has 0 amide bonds. The molecule has 136 valence electrons. The third-order valence-electron chi connectivity index (χ3n) is 3.77. The minimum Gasteiger partial charge on any atom is -0.490 e. The summed E-state index contributed by atoms with van der Waals surface area (Å²) < 4.78 is 11.2. The summed E-state index contributed by atoms with van der Waals surface area (Å²) in [5.74, 6) is 1.34. The molecule has 1 unspecified atom stereocenters. The fourth-order valence-electron chi connectivity index (χ4n) is 2.52. The highest BCUT2D eigenvalue weighted by molar-refractivity contribution is 5.62. The van der Waals surface area contributed by atoms with Crippen molar-refractivity contribution in [2.24, 2.45) is 0 Å². The summed E-state index contributed by atoms with van der Waals surface area (Å²) in [7, 11) is 0. The molecule has 0 bridgehead atoms. The summed E-state index contributed by atoms with van der Waals surface area (Å²) in [6, 6.07) is 11.7. The lowest BCUT2D eigenvalue weighted by Gasteiger charge is -2.19. The number of hydrogen-bond donors (Lipinski definition) is 1. The van der Waals surface area contributed by atoms with E-state index in [4.69, 9.17) is 9.47 Å². The Hall–Kier alpha value is -3.27. The maximum absolute atomic E-state index is 10.9. The van der Waals surface area contributed by atoms with Gasteiger partial charge in [-0.1, -0.05) is 6.07 Å². The van der Waals surface area contributed by atoms with Crippen molar-refractivity contribution in [3.63, 3.8) is 0 Å². The molecule has 0 spiro atoms. The van der Waals surface area contributed by atoms with Gasteiger partial charge in [0.15, 0.2) is 11.5 Å². The Morgan fingerprint density at radius 1 is 1.15 bits per heavy atom. The Balaban J connectivity index is 2.27. The SMILES string of the molecule is CCOc1ccc(C(C)Nc2ccc([N+](=O)[O-])cc2C#N)cc1OCC. The number of anilines is 1. The van der Waals surface area contributed by atoms with Crippen LogP contribution in [0.25, 0.3) is 0 Å². The summed E-state index contributed by atoms with van der Waals surface area (Å²) in [5, 5.41) is 23.3. The van der Waals surface area contributed by atoms with Crippen LogP contribution in [0.15, 0.2) is 36.4 Å². The van der Waals surface area contributed by atoms with Crippen LogP contribution in [0.5, 0.6) is 11.5 Å². The molecule has 2 rings (SSSR count). The number of nitro benzene ring substituents is 1. The first-order valence-corrected chi connectivity index (χ1v) is 8.34. The number of nitro groups is 1. The highest BCUT2D eigenvalue weighted by Crippen LogP contribution is 2.32. The zero-order chi connectivity index (χ0) is 19.1. The molecule has 7 heteroatoms. The highest BCUT2D eigenvalue weighted by Gasteiger charge is 2.15. The molecular formula is C19H21N3O4. The average molecular weight is 355 g/mol. The van der Waals surface area contributed by atoms with Gasteiger partial charge in [-0.05, 0) is 44.5 Å². The zero-order valence-electron chi connectivity index (χ0n) is 15.0. The minimum absolute atomic E-state index is 0.112. The molecule has 0 saturated heterocycles. The predicted molar refractivity (Wildman–Crippen MR) is 98.6 cm³/mol.